The largest absolute Gasteiger partial charge is 0.311 e. The van der Waals surface area contributed by atoms with E-state index < -0.39 is 5.92 Å². The molecule has 0 saturated carbocycles. The van der Waals surface area contributed by atoms with Gasteiger partial charge in [-0.1, -0.05) is 17.7 Å². The molecule has 4 nitrogen and oxygen atoms in total. The first kappa shape index (κ1) is 12.2. The maximum Gasteiger partial charge on any atom is 0.226 e. The fourth-order valence-corrected chi connectivity index (χ4v) is 2.68. The normalized spacial score (nSPS) is 18.1. The molecular weight excluding hydrogens is 269 g/mol. The maximum atomic E-state index is 14.3. The molecule has 0 aliphatic carbocycles. The van der Waals surface area contributed by atoms with Crippen molar-refractivity contribution in [3.05, 3.63) is 45.9 Å². The Bertz CT molecular complexity index is 668. The molecule has 2 N–H and O–H groups in total. The number of carbonyl (C=O) groups is 1. The van der Waals surface area contributed by atoms with E-state index in [9.17, 15) is 9.18 Å². The van der Waals surface area contributed by atoms with Crippen molar-refractivity contribution in [2.75, 3.05) is 5.32 Å². The molecule has 2 heterocycles. The molecule has 0 fully saturated rings. The van der Waals surface area contributed by atoms with Gasteiger partial charge in [-0.2, -0.15) is 5.10 Å². The second-order valence-corrected chi connectivity index (χ2v) is 5.00. The molecule has 1 aromatic carbocycles. The monoisotopic (exact) mass is 279 g/mol. The number of rotatable bonds is 1. The summed E-state index contributed by atoms with van der Waals surface area (Å²) in [4.78, 5) is 11.7. The van der Waals surface area contributed by atoms with Crippen LogP contribution in [0.2, 0.25) is 5.02 Å². The molecule has 1 aliphatic rings. The van der Waals surface area contributed by atoms with Crippen LogP contribution in [0.4, 0.5) is 10.2 Å². The second kappa shape index (κ2) is 4.35. The fourth-order valence-electron chi connectivity index (χ4n) is 2.40. The van der Waals surface area contributed by atoms with Gasteiger partial charge in [0.1, 0.15) is 11.6 Å². The van der Waals surface area contributed by atoms with E-state index in [0.29, 0.717) is 22.0 Å². The number of amides is 1. The summed E-state index contributed by atoms with van der Waals surface area (Å²) < 4.78 is 14.3. The van der Waals surface area contributed by atoms with Crippen LogP contribution in [0.15, 0.2) is 18.3 Å². The highest BCUT2D eigenvalue weighted by Crippen LogP contribution is 2.40. The predicted molar refractivity (Wildman–Crippen MR) is 69.8 cm³/mol. The molecule has 2 aromatic rings. The number of hydrogen-bond acceptors (Lipinski definition) is 2. The lowest BCUT2D eigenvalue weighted by Gasteiger charge is -2.24. The molecule has 6 heteroatoms. The Morgan fingerprint density at radius 1 is 1.47 bits per heavy atom. The van der Waals surface area contributed by atoms with Gasteiger partial charge in [0.05, 0.1) is 6.20 Å². The summed E-state index contributed by atoms with van der Waals surface area (Å²) in [5.41, 5.74) is 1.63. The zero-order valence-corrected chi connectivity index (χ0v) is 10.9. The Kier molecular flexibility index (Phi) is 2.78. The molecule has 0 bridgehead atoms. The fraction of sp³-hybridized carbons (Fsp3) is 0.231. The first-order valence-corrected chi connectivity index (χ1v) is 6.23. The van der Waals surface area contributed by atoms with E-state index in [1.165, 1.54) is 0 Å². The van der Waals surface area contributed by atoms with Crippen LogP contribution < -0.4 is 5.32 Å². The standard InChI is InChI=1S/C13H11ClFN3O/c1-6-2-3-9(14)11(12(6)15)7-4-10(19)17-13-8(7)5-16-18-13/h2-3,5,7H,4H2,1H3,(H2,16,17,18,19). The molecule has 0 radical (unpaired) electrons. The third-order valence-electron chi connectivity index (χ3n) is 3.37. The summed E-state index contributed by atoms with van der Waals surface area (Å²) in [7, 11) is 0. The van der Waals surface area contributed by atoms with Gasteiger partial charge in [-0.25, -0.2) is 4.39 Å². The van der Waals surface area contributed by atoms with Gasteiger partial charge in [-0.3, -0.25) is 9.89 Å². The summed E-state index contributed by atoms with van der Waals surface area (Å²) in [5, 5.41) is 9.58. The van der Waals surface area contributed by atoms with E-state index in [2.05, 4.69) is 15.5 Å². The van der Waals surface area contributed by atoms with E-state index in [0.717, 1.165) is 5.56 Å². The van der Waals surface area contributed by atoms with Gasteiger partial charge in [0, 0.05) is 28.5 Å². The van der Waals surface area contributed by atoms with Crippen LogP contribution in [0.5, 0.6) is 0 Å². The van der Waals surface area contributed by atoms with Crippen molar-refractivity contribution in [1.29, 1.82) is 0 Å². The van der Waals surface area contributed by atoms with Gasteiger partial charge in [0.25, 0.3) is 0 Å². The number of carbonyl (C=O) groups excluding carboxylic acids is 1. The SMILES string of the molecule is Cc1ccc(Cl)c(C2CC(=O)Nc3[nH]ncc32)c1F. The van der Waals surface area contributed by atoms with Crippen LogP contribution in [0.25, 0.3) is 0 Å². The highest BCUT2D eigenvalue weighted by atomic mass is 35.5. The van der Waals surface area contributed by atoms with Gasteiger partial charge in [-0.05, 0) is 18.6 Å². The number of halogens is 2. The summed E-state index contributed by atoms with van der Waals surface area (Å²) in [6, 6.07) is 3.28. The lowest BCUT2D eigenvalue weighted by Crippen LogP contribution is -2.23. The smallest absolute Gasteiger partial charge is 0.226 e. The van der Waals surface area contributed by atoms with Crippen LogP contribution in [-0.2, 0) is 4.79 Å². The predicted octanol–water partition coefficient (Wildman–Crippen LogP) is 2.98. The number of aromatic nitrogens is 2. The number of nitrogens with zero attached hydrogens (tertiary/aromatic N) is 1. The average Bonchev–Trinajstić information content (AvgIpc) is 2.82. The van der Waals surface area contributed by atoms with Gasteiger partial charge < -0.3 is 5.32 Å². The number of nitrogens with one attached hydrogen (secondary N) is 2. The Labute approximate surface area is 114 Å². The van der Waals surface area contributed by atoms with Crippen molar-refractivity contribution < 1.29 is 9.18 Å². The minimum atomic E-state index is -0.408. The molecule has 1 aliphatic heterocycles. The van der Waals surface area contributed by atoms with E-state index in [4.69, 9.17) is 11.6 Å². The highest BCUT2D eigenvalue weighted by Gasteiger charge is 2.31. The summed E-state index contributed by atoms with van der Waals surface area (Å²) in [5.74, 6) is -0.439. The Morgan fingerprint density at radius 2 is 2.26 bits per heavy atom. The van der Waals surface area contributed by atoms with Gasteiger partial charge >= 0.3 is 0 Å². The highest BCUT2D eigenvalue weighted by molar-refractivity contribution is 6.31. The van der Waals surface area contributed by atoms with Crippen molar-refractivity contribution in [2.45, 2.75) is 19.3 Å². The molecule has 0 spiro atoms. The quantitative estimate of drug-likeness (QED) is 0.843. The Balaban J connectivity index is 2.19. The van der Waals surface area contributed by atoms with Gasteiger partial charge in [0.2, 0.25) is 5.91 Å². The zero-order valence-electron chi connectivity index (χ0n) is 10.1. The summed E-state index contributed by atoms with van der Waals surface area (Å²) in [6.45, 7) is 1.67. The number of aryl methyl sites for hydroxylation is 1. The number of H-pyrrole nitrogens is 1. The van der Waals surface area contributed by atoms with E-state index in [1.54, 1.807) is 25.3 Å². The van der Waals surface area contributed by atoms with E-state index in [-0.39, 0.29) is 18.1 Å². The van der Waals surface area contributed by atoms with Crippen LogP contribution in [0.1, 0.15) is 29.0 Å². The van der Waals surface area contributed by atoms with Gasteiger partial charge in [0.15, 0.2) is 0 Å². The molecule has 3 rings (SSSR count). The van der Waals surface area contributed by atoms with Crippen LogP contribution in [-0.4, -0.2) is 16.1 Å². The molecule has 1 amide bonds. The number of hydrogen-bond donors (Lipinski definition) is 2. The molecule has 1 atom stereocenters. The van der Waals surface area contributed by atoms with Crippen molar-refractivity contribution in [3.63, 3.8) is 0 Å². The zero-order chi connectivity index (χ0) is 13.6. The summed E-state index contributed by atoms with van der Waals surface area (Å²) >= 11 is 6.11. The van der Waals surface area contributed by atoms with Crippen LogP contribution in [0.3, 0.4) is 0 Å². The number of aromatic amines is 1. The molecule has 98 valence electrons. The summed E-state index contributed by atoms with van der Waals surface area (Å²) in [6.07, 6.45) is 1.75. The minimum Gasteiger partial charge on any atom is -0.311 e. The molecular formula is C13H11ClFN3O. The topological polar surface area (TPSA) is 57.8 Å². The van der Waals surface area contributed by atoms with Crippen molar-refractivity contribution in [3.8, 4) is 0 Å². The number of fused-ring (bicyclic) bond motifs is 1. The maximum absolute atomic E-state index is 14.3. The molecule has 19 heavy (non-hydrogen) atoms. The lowest BCUT2D eigenvalue weighted by atomic mass is 9.86. The van der Waals surface area contributed by atoms with Crippen LogP contribution >= 0.6 is 11.6 Å². The number of benzene rings is 1. The van der Waals surface area contributed by atoms with E-state index >= 15 is 0 Å². The first-order chi connectivity index (χ1) is 9.08. The van der Waals surface area contributed by atoms with Crippen molar-refractivity contribution >= 4 is 23.3 Å². The van der Waals surface area contributed by atoms with Gasteiger partial charge in [-0.15, -0.1) is 0 Å². The van der Waals surface area contributed by atoms with Crippen molar-refractivity contribution in [2.24, 2.45) is 0 Å². The first-order valence-electron chi connectivity index (χ1n) is 5.85. The minimum absolute atomic E-state index is 0.159. The number of anilines is 1. The van der Waals surface area contributed by atoms with Crippen LogP contribution in [0, 0.1) is 12.7 Å². The molecule has 1 unspecified atom stereocenters. The Morgan fingerprint density at radius 3 is 3.05 bits per heavy atom. The Hall–Kier alpha value is -1.88. The third-order valence-corrected chi connectivity index (χ3v) is 3.70. The van der Waals surface area contributed by atoms with E-state index in [1.807, 2.05) is 0 Å². The second-order valence-electron chi connectivity index (χ2n) is 4.60. The molecule has 1 aromatic heterocycles. The lowest BCUT2D eigenvalue weighted by molar-refractivity contribution is -0.116. The third kappa shape index (κ3) is 1.90. The molecule has 0 saturated heterocycles. The average molecular weight is 280 g/mol. The van der Waals surface area contributed by atoms with Crippen molar-refractivity contribution in [1.82, 2.24) is 10.2 Å².